The number of aromatic nitrogens is 2. The van der Waals surface area contributed by atoms with Gasteiger partial charge in [0.15, 0.2) is 5.82 Å². The third-order valence-corrected chi connectivity index (χ3v) is 5.97. The molecule has 0 radical (unpaired) electrons. The minimum absolute atomic E-state index is 0.467. The van der Waals surface area contributed by atoms with E-state index in [9.17, 15) is 0 Å². The largest absolute Gasteiger partial charge is 0.232 e. The van der Waals surface area contributed by atoms with E-state index in [1.54, 1.807) is 18.2 Å². The first-order chi connectivity index (χ1) is 10.1. The summed E-state index contributed by atoms with van der Waals surface area (Å²) >= 11 is 20.8. The Labute approximate surface area is 152 Å². The highest BCUT2D eigenvalue weighted by atomic mass is 127. The van der Waals surface area contributed by atoms with E-state index in [1.807, 2.05) is 0 Å². The van der Waals surface area contributed by atoms with Gasteiger partial charge >= 0.3 is 0 Å². The number of benzene rings is 1. The Kier molecular flexibility index (Phi) is 4.94. The Bertz CT molecular complexity index is 685. The van der Waals surface area contributed by atoms with Crippen LogP contribution >= 0.6 is 57.4 Å². The average molecular weight is 454 g/mol. The zero-order valence-corrected chi connectivity index (χ0v) is 15.5. The Morgan fingerprint density at radius 2 is 1.76 bits per heavy atom. The van der Waals surface area contributed by atoms with Gasteiger partial charge in [0.25, 0.3) is 0 Å². The fourth-order valence-corrected chi connectivity index (χ4v) is 3.93. The maximum absolute atomic E-state index is 6.30. The van der Waals surface area contributed by atoms with E-state index in [0.717, 1.165) is 27.7 Å². The minimum atomic E-state index is 0.467. The van der Waals surface area contributed by atoms with Crippen molar-refractivity contribution in [3.63, 3.8) is 0 Å². The first kappa shape index (κ1) is 15.8. The van der Waals surface area contributed by atoms with Gasteiger partial charge in [0.1, 0.15) is 5.15 Å². The molecular weight excluding hydrogens is 441 g/mol. The van der Waals surface area contributed by atoms with Gasteiger partial charge in [-0.1, -0.05) is 47.6 Å². The van der Waals surface area contributed by atoms with E-state index >= 15 is 0 Å². The summed E-state index contributed by atoms with van der Waals surface area (Å²) in [6.07, 6.45) is 4.81. The van der Waals surface area contributed by atoms with Crippen molar-refractivity contribution in [3.05, 3.63) is 42.7 Å². The van der Waals surface area contributed by atoms with Crippen LogP contribution in [0.2, 0.25) is 15.2 Å². The molecule has 1 saturated carbocycles. The third-order valence-electron chi connectivity index (χ3n) is 3.75. The molecule has 1 fully saturated rings. The van der Waals surface area contributed by atoms with Gasteiger partial charge in [-0.15, -0.1) is 0 Å². The lowest BCUT2D eigenvalue weighted by Gasteiger charge is -2.14. The molecule has 110 valence electrons. The van der Waals surface area contributed by atoms with Crippen molar-refractivity contribution in [2.45, 2.75) is 31.6 Å². The number of hydrogen-bond acceptors (Lipinski definition) is 2. The lowest BCUT2D eigenvalue weighted by Crippen LogP contribution is -2.05. The molecule has 1 aliphatic rings. The van der Waals surface area contributed by atoms with E-state index in [-0.39, 0.29) is 0 Å². The summed E-state index contributed by atoms with van der Waals surface area (Å²) in [5, 5.41) is 1.67. The number of hydrogen-bond donors (Lipinski definition) is 0. The van der Waals surface area contributed by atoms with Crippen LogP contribution in [0.3, 0.4) is 0 Å². The molecule has 1 aliphatic carbocycles. The highest BCUT2D eigenvalue weighted by Crippen LogP contribution is 2.38. The second-order valence-corrected chi connectivity index (χ2v) is 7.42. The molecule has 3 rings (SSSR count). The third kappa shape index (κ3) is 3.31. The zero-order valence-electron chi connectivity index (χ0n) is 11.0. The molecule has 0 bridgehead atoms. The molecule has 0 amide bonds. The van der Waals surface area contributed by atoms with Crippen LogP contribution in [0.4, 0.5) is 0 Å². The second kappa shape index (κ2) is 6.57. The predicted octanol–water partition coefficient (Wildman–Crippen LogP) is 6.37. The molecule has 21 heavy (non-hydrogen) atoms. The van der Waals surface area contributed by atoms with Crippen LogP contribution in [-0.4, -0.2) is 9.97 Å². The van der Waals surface area contributed by atoms with Crippen molar-refractivity contribution in [1.29, 1.82) is 0 Å². The molecular formula is C15H12Cl3IN2. The Hall–Kier alpha value is -0.100. The van der Waals surface area contributed by atoms with Gasteiger partial charge < -0.3 is 0 Å². The summed E-state index contributed by atoms with van der Waals surface area (Å²) in [4.78, 5) is 9.12. The molecule has 0 unspecified atom stereocenters. The Balaban J connectivity index is 2.13. The fraction of sp³-hybridized carbons (Fsp3) is 0.333. The van der Waals surface area contributed by atoms with Crippen molar-refractivity contribution in [2.24, 2.45) is 0 Å². The molecule has 2 nitrogen and oxygen atoms in total. The van der Waals surface area contributed by atoms with Crippen LogP contribution in [0.25, 0.3) is 11.4 Å². The molecule has 6 heteroatoms. The van der Waals surface area contributed by atoms with E-state index in [1.165, 1.54) is 12.8 Å². The number of halogens is 4. The van der Waals surface area contributed by atoms with Crippen LogP contribution in [-0.2, 0) is 0 Å². The predicted molar refractivity (Wildman–Crippen MR) is 96.4 cm³/mol. The molecule has 1 aromatic carbocycles. The summed E-state index contributed by atoms with van der Waals surface area (Å²) in [6, 6.07) is 5.28. The van der Waals surface area contributed by atoms with E-state index in [0.29, 0.717) is 26.9 Å². The van der Waals surface area contributed by atoms with Crippen LogP contribution in [0, 0.1) is 3.57 Å². The molecule has 2 aromatic rings. The van der Waals surface area contributed by atoms with Gasteiger partial charge in [-0.2, -0.15) is 0 Å². The van der Waals surface area contributed by atoms with Crippen molar-refractivity contribution >= 4 is 57.4 Å². The Morgan fingerprint density at radius 1 is 1.05 bits per heavy atom. The lowest BCUT2D eigenvalue weighted by molar-refractivity contribution is 0.690. The van der Waals surface area contributed by atoms with E-state index in [4.69, 9.17) is 39.8 Å². The van der Waals surface area contributed by atoms with Crippen molar-refractivity contribution in [2.75, 3.05) is 0 Å². The van der Waals surface area contributed by atoms with Crippen LogP contribution in [0.1, 0.15) is 37.3 Å². The molecule has 1 aromatic heterocycles. The highest BCUT2D eigenvalue weighted by Gasteiger charge is 2.24. The summed E-state index contributed by atoms with van der Waals surface area (Å²) in [5.41, 5.74) is 1.76. The van der Waals surface area contributed by atoms with Crippen LogP contribution in [0.5, 0.6) is 0 Å². The van der Waals surface area contributed by atoms with Crippen LogP contribution in [0.15, 0.2) is 18.2 Å². The molecule has 1 heterocycles. The van der Waals surface area contributed by atoms with Gasteiger partial charge in [-0.05, 0) is 53.6 Å². The molecule has 0 aliphatic heterocycles. The summed E-state index contributed by atoms with van der Waals surface area (Å²) < 4.78 is 0.947. The van der Waals surface area contributed by atoms with Gasteiger partial charge in [-0.25, -0.2) is 9.97 Å². The maximum atomic E-state index is 6.30. The summed E-state index contributed by atoms with van der Waals surface area (Å²) in [6.45, 7) is 0. The topological polar surface area (TPSA) is 25.8 Å². The standard InChI is InChI=1S/C15H12Cl3IN2/c16-9-5-6-11(17)10(7-9)15-20-13(8-3-1-2-4-8)12(19)14(18)21-15/h5-8H,1-4H2. The first-order valence-corrected chi connectivity index (χ1v) is 8.96. The fourth-order valence-electron chi connectivity index (χ4n) is 2.69. The first-order valence-electron chi connectivity index (χ1n) is 6.74. The number of rotatable bonds is 2. The SMILES string of the molecule is Clc1ccc(Cl)c(-c2nc(Cl)c(I)c(C3CCCC3)n2)c1. The van der Waals surface area contributed by atoms with Gasteiger partial charge in [0.05, 0.1) is 14.3 Å². The highest BCUT2D eigenvalue weighted by molar-refractivity contribution is 14.1. The quantitative estimate of drug-likeness (QED) is 0.390. The maximum Gasteiger partial charge on any atom is 0.162 e. The van der Waals surface area contributed by atoms with Gasteiger partial charge in [-0.3, -0.25) is 0 Å². The molecule has 0 N–H and O–H groups in total. The molecule has 0 spiro atoms. The lowest BCUT2D eigenvalue weighted by atomic mass is 10.0. The second-order valence-electron chi connectivity index (χ2n) is 5.14. The smallest absolute Gasteiger partial charge is 0.162 e. The Morgan fingerprint density at radius 3 is 2.48 bits per heavy atom. The average Bonchev–Trinajstić information content (AvgIpc) is 2.98. The van der Waals surface area contributed by atoms with Crippen LogP contribution < -0.4 is 0 Å². The van der Waals surface area contributed by atoms with E-state index < -0.39 is 0 Å². The molecule has 0 saturated heterocycles. The molecule has 0 atom stereocenters. The van der Waals surface area contributed by atoms with E-state index in [2.05, 4.69) is 27.6 Å². The van der Waals surface area contributed by atoms with Crippen molar-refractivity contribution < 1.29 is 0 Å². The van der Waals surface area contributed by atoms with Gasteiger partial charge in [0.2, 0.25) is 0 Å². The number of nitrogens with zero attached hydrogens (tertiary/aromatic N) is 2. The summed E-state index contributed by atoms with van der Waals surface area (Å²) in [5.74, 6) is 1.02. The van der Waals surface area contributed by atoms with Crippen molar-refractivity contribution in [3.8, 4) is 11.4 Å². The monoisotopic (exact) mass is 452 g/mol. The van der Waals surface area contributed by atoms with Gasteiger partial charge in [0, 0.05) is 16.5 Å². The van der Waals surface area contributed by atoms with Crippen molar-refractivity contribution in [1.82, 2.24) is 9.97 Å². The minimum Gasteiger partial charge on any atom is -0.232 e. The normalized spacial score (nSPS) is 15.6. The zero-order chi connectivity index (χ0) is 15.0. The summed E-state index contributed by atoms with van der Waals surface area (Å²) in [7, 11) is 0.